The van der Waals surface area contributed by atoms with Crippen molar-refractivity contribution in [1.29, 1.82) is 5.41 Å². The minimum atomic E-state index is -0.603. The normalized spacial score (nSPS) is 11.3. The number of carbonyl (C=O) groups is 2. The van der Waals surface area contributed by atoms with E-state index in [4.69, 9.17) is 22.6 Å². The lowest BCUT2D eigenvalue weighted by Gasteiger charge is -2.12. The Morgan fingerprint density at radius 2 is 1.82 bits per heavy atom. The molecule has 0 radical (unpaired) electrons. The third kappa shape index (κ3) is 5.61. The molecule has 0 aliphatic rings. The van der Waals surface area contributed by atoms with Crippen LogP contribution in [-0.2, 0) is 4.79 Å². The van der Waals surface area contributed by atoms with Gasteiger partial charge in [0.15, 0.2) is 5.96 Å². The number of nitrogens with two attached hydrogens (primary N) is 3. The first kappa shape index (κ1) is 17.2. The molecule has 118 valence electrons. The minimum Gasteiger partial charge on any atom is -0.384 e. The Morgan fingerprint density at radius 1 is 1.23 bits per heavy atom. The Hall–Kier alpha value is -2.90. The van der Waals surface area contributed by atoms with Crippen molar-refractivity contribution in [3.8, 4) is 0 Å². The topological polar surface area (TPSA) is 160 Å². The van der Waals surface area contributed by atoms with E-state index < -0.39 is 6.04 Å². The molecule has 0 aliphatic carbocycles. The fourth-order valence-corrected chi connectivity index (χ4v) is 1.75. The van der Waals surface area contributed by atoms with Crippen LogP contribution in [0, 0.1) is 5.41 Å². The van der Waals surface area contributed by atoms with E-state index in [1.807, 2.05) is 0 Å². The van der Waals surface area contributed by atoms with E-state index in [9.17, 15) is 9.59 Å². The van der Waals surface area contributed by atoms with Gasteiger partial charge in [0, 0.05) is 17.7 Å². The van der Waals surface area contributed by atoms with Crippen LogP contribution in [0.25, 0.3) is 0 Å². The lowest BCUT2D eigenvalue weighted by molar-refractivity contribution is -0.109. The highest BCUT2D eigenvalue weighted by Gasteiger charge is 2.12. The lowest BCUT2D eigenvalue weighted by atomic mass is 10.1. The van der Waals surface area contributed by atoms with Gasteiger partial charge in [-0.05, 0) is 25.0 Å². The van der Waals surface area contributed by atoms with Crippen molar-refractivity contribution in [2.24, 2.45) is 22.2 Å². The van der Waals surface area contributed by atoms with Crippen molar-refractivity contribution in [3.05, 3.63) is 35.4 Å². The summed E-state index contributed by atoms with van der Waals surface area (Å²) in [5, 5.41) is 9.90. The molecule has 0 saturated heterocycles. The summed E-state index contributed by atoms with van der Waals surface area (Å²) < 4.78 is 0. The molecule has 1 amide bonds. The Morgan fingerprint density at radius 3 is 2.32 bits per heavy atom. The molecule has 1 atom stereocenters. The standard InChI is InChI=1S/C14H20N6O2/c15-12(16)9-3-5-10(6-4-9)13(22)20-11(8-21)2-1-7-19-14(17)18/h3-6,8,11H,1-2,7H2,(H3,15,16)(H,20,22)(H4,17,18,19). The molecular formula is C14H20N6O2. The predicted molar refractivity (Wildman–Crippen MR) is 84.7 cm³/mol. The van der Waals surface area contributed by atoms with E-state index in [1.165, 1.54) is 0 Å². The molecule has 1 aromatic rings. The first-order chi connectivity index (χ1) is 10.4. The van der Waals surface area contributed by atoms with Crippen molar-refractivity contribution in [1.82, 2.24) is 5.32 Å². The minimum absolute atomic E-state index is 0.00255. The largest absolute Gasteiger partial charge is 0.384 e. The van der Waals surface area contributed by atoms with Crippen LogP contribution >= 0.6 is 0 Å². The SMILES string of the molecule is N=C(N)c1ccc(C(=O)NC(C=O)CCCN=C(N)N)cc1. The van der Waals surface area contributed by atoms with Gasteiger partial charge >= 0.3 is 0 Å². The Kier molecular flexibility index (Phi) is 6.55. The van der Waals surface area contributed by atoms with Crippen molar-refractivity contribution >= 4 is 24.0 Å². The maximum Gasteiger partial charge on any atom is 0.251 e. The third-order valence-corrected chi connectivity index (χ3v) is 2.91. The van der Waals surface area contributed by atoms with E-state index >= 15 is 0 Å². The number of guanidine groups is 1. The molecule has 1 unspecified atom stereocenters. The summed E-state index contributed by atoms with van der Waals surface area (Å²) in [7, 11) is 0. The van der Waals surface area contributed by atoms with Crippen molar-refractivity contribution in [2.75, 3.05) is 6.54 Å². The molecule has 8 heteroatoms. The first-order valence-corrected chi connectivity index (χ1v) is 6.70. The second-order valence-corrected chi connectivity index (χ2v) is 4.66. The van der Waals surface area contributed by atoms with Gasteiger partial charge in [-0.1, -0.05) is 12.1 Å². The molecule has 1 rings (SSSR count). The summed E-state index contributed by atoms with van der Waals surface area (Å²) in [4.78, 5) is 26.8. The number of aldehydes is 1. The van der Waals surface area contributed by atoms with Gasteiger partial charge < -0.3 is 27.3 Å². The molecule has 0 aromatic heterocycles. The molecule has 0 fully saturated rings. The number of amidine groups is 1. The molecule has 8 N–H and O–H groups in total. The average molecular weight is 304 g/mol. The molecule has 1 aromatic carbocycles. The quantitative estimate of drug-likeness (QED) is 0.186. The number of aliphatic imine (C=N–C) groups is 1. The highest BCUT2D eigenvalue weighted by Crippen LogP contribution is 2.05. The number of nitrogens with zero attached hydrogens (tertiary/aromatic N) is 1. The van der Waals surface area contributed by atoms with Gasteiger partial charge in [0.2, 0.25) is 0 Å². The monoisotopic (exact) mass is 304 g/mol. The zero-order valence-corrected chi connectivity index (χ0v) is 12.1. The zero-order chi connectivity index (χ0) is 16.5. The molecule has 8 nitrogen and oxygen atoms in total. The van der Waals surface area contributed by atoms with Crippen LogP contribution in [-0.4, -0.2) is 36.6 Å². The van der Waals surface area contributed by atoms with Crippen LogP contribution in [0.3, 0.4) is 0 Å². The maximum absolute atomic E-state index is 12.0. The third-order valence-electron chi connectivity index (χ3n) is 2.91. The molecule has 0 spiro atoms. The van der Waals surface area contributed by atoms with E-state index in [0.29, 0.717) is 36.8 Å². The number of nitrogen functional groups attached to an aromatic ring is 1. The molecule has 0 heterocycles. The van der Waals surface area contributed by atoms with Crippen LogP contribution in [0.15, 0.2) is 29.3 Å². The van der Waals surface area contributed by atoms with Crippen LogP contribution in [0.1, 0.15) is 28.8 Å². The van der Waals surface area contributed by atoms with Gasteiger partial charge in [0.25, 0.3) is 5.91 Å². The fraction of sp³-hybridized carbons (Fsp3) is 0.286. The smallest absolute Gasteiger partial charge is 0.251 e. The van der Waals surface area contributed by atoms with E-state index in [0.717, 1.165) is 0 Å². The second kappa shape index (κ2) is 8.40. The predicted octanol–water partition coefficient (Wildman–Crippen LogP) is -0.678. The van der Waals surface area contributed by atoms with Crippen LogP contribution < -0.4 is 22.5 Å². The summed E-state index contributed by atoms with van der Waals surface area (Å²) in [6, 6.07) is 5.65. The highest BCUT2D eigenvalue weighted by molar-refractivity contribution is 5.98. The zero-order valence-electron chi connectivity index (χ0n) is 12.1. The number of rotatable bonds is 8. The summed E-state index contributed by atoms with van der Waals surface area (Å²) in [6.45, 7) is 0.399. The molecule has 0 aliphatic heterocycles. The lowest BCUT2D eigenvalue weighted by Crippen LogP contribution is -2.36. The number of hydrogen-bond donors (Lipinski definition) is 5. The van der Waals surface area contributed by atoms with Crippen molar-refractivity contribution in [3.63, 3.8) is 0 Å². The van der Waals surface area contributed by atoms with Crippen molar-refractivity contribution < 1.29 is 9.59 Å². The molecular weight excluding hydrogens is 284 g/mol. The molecule has 0 saturated carbocycles. The summed E-state index contributed by atoms with van der Waals surface area (Å²) in [5.74, 6) is -0.441. The number of amides is 1. The van der Waals surface area contributed by atoms with Crippen LogP contribution in [0.5, 0.6) is 0 Å². The maximum atomic E-state index is 12.0. The number of carbonyl (C=O) groups excluding carboxylic acids is 2. The number of nitrogens with one attached hydrogen (secondary N) is 2. The number of benzene rings is 1. The molecule has 22 heavy (non-hydrogen) atoms. The first-order valence-electron chi connectivity index (χ1n) is 6.70. The van der Waals surface area contributed by atoms with E-state index in [-0.39, 0.29) is 17.7 Å². The van der Waals surface area contributed by atoms with Crippen LogP contribution in [0.2, 0.25) is 0 Å². The Labute approximate surface area is 128 Å². The Bertz CT molecular complexity index is 563. The van der Waals surface area contributed by atoms with Crippen molar-refractivity contribution in [2.45, 2.75) is 18.9 Å². The summed E-state index contributed by atoms with van der Waals surface area (Å²) >= 11 is 0. The number of hydrogen-bond acceptors (Lipinski definition) is 4. The highest BCUT2D eigenvalue weighted by atomic mass is 16.2. The second-order valence-electron chi connectivity index (χ2n) is 4.66. The fourth-order valence-electron chi connectivity index (χ4n) is 1.75. The summed E-state index contributed by atoms with van der Waals surface area (Å²) in [6.07, 6.45) is 1.69. The van der Waals surface area contributed by atoms with Crippen LogP contribution in [0.4, 0.5) is 0 Å². The average Bonchev–Trinajstić information content (AvgIpc) is 2.49. The van der Waals surface area contributed by atoms with Gasteiger partial charge in [0.1, 0.15) is 12.1 Å². The van der Waals surface area contributed by atoms with Gasteiger partial charge in [-0.25, -0.2) is 0 Å². The van der Waals surface area contributed by atoms with Gasteiger partial charge in [-0.3, -0.25) is 15.2 Å². The van der Waals surface area contributed by atoms with Gasteiger partial charge in [0.05, 0.1) is 6.04 Å². The van der Waals surface area contributed by atoms with Gasteiger partial charge in [-0.2, -0.15) is 0 Å². The summed E-state index contributed by atoms with van der Waals surface area (Å²) in [5.41, 5.74) is 16.7. The van der Waals surface area contributed by atoms with Gasteiger partial charge in [-0.15, -0.1) is 0 Å². The molecule has 0 bridgehead atoms. The van der Waals surface area contributed by atoms with E-state index in [1.54, 1.807) is 24.3 Å². The van der Waals surface area contributed by atoms with E-state index in [2.05, 4.69) is 10.3 Å². The Balaban J connectivity index is 2.55.